The second-order valence-corrected chi connectivity index (χ2v) is 2.45. The Morgan fingerprint density at radius 2 is 2.45 bits per heavy atom. The minimum Gasteiger partial charge on any atom is -0.397 e. The van der Waals surface area contributed by atoms with Gasteiger partial charge < -0.3 is 5.73 Å². The standard InChI is InChI=1S/C8H10N2S/c9-8-6-10-4-3-7(8)2-1-5-11/h1-4,6,11H,5,9H2. The summed E-state index contributed by atoms with van der Waals surface area (Å²) in [6.45, 7) is 0. The number of nitrogens with two attached hydrogens (primary N) is 1. The number of nitrogen functional groups attached to an aromatic ring is 1. The van der Waals surface area contributed by atoms with Crippen LogP contribution in [0.25, 0.3) is 6.08 Å². The molecule has 2 N–H and O–H groups in total. The molecule has 0 bridgehead atoms. The van der Waals surface area contributed by atoms with Crippen LogP contribution in [0.2, 0.25) is 0 Å². The highest BCUT2D eigenvalue weighted by Gasteiger charge is 1.90. The lowest BCUT2D eigenvalue weighted by Crippen LogP contribution is -1.89. The smallest absolute Gasteiger partial charge is 0.0574 e. The minimum atomic E-state index is 0.700. The lowest BCUT2D eigenvalue weighted by atomic mass is 10.2. The number of pyridine rings is 1. The first-order valence-electron chi connectivity index (χ1n) is 3.31. The average Bonchev–Trinajstić information content (AvgIpc) is 2.03. The Labute approximate surface area is 71.6 Å². The predicted molar refractivity (Wildman–Crippen MR) is 51.5 cm³/mol. The van der Waals surface area contributed by atoms with Crippen LogP contribution >= 0.6 is 12.6 Å². The Balaban J connectivity index is 2.86. The van der Waals surface area contributed by atoms with Gasteiger partial charge in [0.05, 0.1) is 11.9 Å². The normalized spacial score (nSPS) is 10.6. The third-order valence-electron chi connectivity index (χ3n) is 1.29. The number of thiol groups is 1. The lowest BCUT2D eigenvalue weighted by molar-refractivity contribution is 1.32. The summed E-state index contributed by atoms with van der Waals surface area (Å²) < 4.78 is 0. The molecule has 0 aliphatic carbocycles. The van der Waals surface area contributed by atoms with Crippen LogP contribution in [0.15, 0.2) is 24.5 Å². The predicted octanol–water partition coefficient (Wildman–Crippen LogP) is 1.61. The van der Waals surface area contributed by atoms with Crippen LogP contribution in [0, 0.1) is 0 Å². The van der Waals surface area contributed by atoms with Crippen molar-refractivity contribution in [2.24, 2.45) is 0 Å². The molecule has 0 aliphatic heterocycles. The van der Waals surface area contributed by atoms with Crippen molar-refractivity contribution >= 4 is 24.4 Å². The van der Waals surface area contributed by atoms with Gasteiger partial charge in [-0.25, -0.2) is 0 Å². The van der Waals surface area contributed by atoms with E-state index in [-0.39, 0.29) is 0 Å². The minimum absolute atomic E-state index is 0.700. The molecule has 11 heavy (non-hydrogen) atoms. The molecule has 0 saturated carbocycles. The molecule has 1 heterocycles. The molecule has 0 radical (unpaired) electrons. The van der Waals surface area contributed by atoms with E-state index < -0.39 is 0 Å². The van der Waals surface area contributed by atoms with Gasteiger partial charge in [0, 0.05) is 17.5 Å². The number of rotatable bonds is 2. The van der Waals surface area contributed by atoms with E-state index in [0.717, 1.165) is 11.3 Å². The van der Waals surface area contributed by atoms with Gasteiger partial charge in [0.25, 0.3) is 0 Å². The van der Waals surface area contributed by atoms with Crippen LogP contribution in [0.4, 0.5) is 5.69 Å². The lowest BCUT2D eigenvalue weighted by Gasteiger charge is -1.96. The van der Waals surface area contributed by atoms with Gasteiger partial charge in [0.1, 0.15) is 0 Å². The maximum absolute atomic E-state index is 5.62. The van der Waals surface area contributed by atoms with Crippen molar-refractivity contribution < 1.29 is 0 Å². The highest BCUT2D eigenvalue weighted by atomic mass is 32.1. The molecular weight excluding hydrogens is 156 g/mol. The molecule has 0 fully saturated rings. The van der Waals surface area contributed by atoms with Crippen molar-refractivity contribution in [3.05, 3.63) is 30.1 Å². The van der Waals surface area contributed by atoms with E-state index in [1.54, 1.807) is 12.4 Å². The molecule has 1 rings (SSSR count). The zero-order valence-electron chi connectivity index (χ0n) is 6.07. The monoisotopic (exact) mass is 166 g/mol. The van der Waals surface area contributed by atoms with Crippen LogP contribution < -0.4 is 5.73 Å². The summed E-state index contributed by atoms with van der Waals surface area (Å²) in [7, 11) is 0. The van der Waals surface area contributed by atoms with Gasteiger partial charge in [-0.05, 0) is 6.07 Å². The molecule has 0 amide bonds. The molecule has 2 nitrogen and oxygen atoms in total. The van der Waals surface area contributed by atoms with E-state index in [2.05, 4.69) is 17.6 Å². The highest BCUT2D eigenvalue weighted by Crippen LogP contribution is 2.09. The first-order valence-corrected chi connectivity index (χ1v) is 3.94. The van der Waals surface area contributed by atoms with Crippen LogP contribution in [-0.4, -0.2) is 10.7 Å². The SMILES string of the molecule is Nc1cnccc1C=CCS. The summed E-state index contributed by atoms with van der Waals surface area (Å²) >= 11 is 4.04. The average molecular weight is 166 g/mol. The zero-order valence-corrected chi connectivity index (χ0v) is 6.96. The quantitative estimate of drug-likeness (QED) is 0.655. The Morgan fingerprint density at radius 3 is 3.09 bits per heavy atom. The second kappa shape index (κ2) is 4.03. The van der Waals surface area contributed by atoms with Crippen LogP contribution in [0.5, 0.6) is 0 Å². The number of nitrogens with zero attached hydrogens (tertiary/aromatic N) is 1. The van der Waals surface area contributed by atoms with E-state index in [1.807, 2.05) is 18.2 Å². The van der Waals surface area contributed by atoms with Gasteiger partial charge in [-0.1, -0.05) is 12.2 Å². The molecule has 0 aliphatic rings. The van der Waals surface area contributed by atoms with Gasteiger partial charge in [-0.15, -0.1) is 0 Å². The molecule has 0 atom stereocenters. The Kier molecular flexibility index (Phi) is 2.98. The zero-order chi connectivity index (χ0) is 8.10. The third kappa shape index (κ3) is 2.27. The number of aromatic nitrogens is 1. The second-order valence-electron chi connectivity index (χ2n) is 2.09. The van der Waals surface area contributed by atoms with Crippen LogP contribution in [0.1, 0.15) is 5.56 Å². The molecule has 0 aromatic carbocycles. The first-order chi connectivity index (χ1) is 5.34. The van der Waals surface area contributed by atoms with Crippen molar-refractivity contribution in [2.75, 3.05) is 11.5 Å². The molecular formula is C8H10N2S. The third-order valence-corrected chi connectivity index (χ3v) is 1.50. The van der Waals surface area contributed by atoms with E-state index in [4.69, 9.17) is 5.73 Å². The van der Waals surface area contributed by atoms with Crippen LogP contribution in [-0.2, 0) is 0 Å². The summed E-state index contributed by atoms with van der Waals surface area (Å²) in [6, 6.07) is 1.87. The molecule has 58 valence electrons. The maximum atomic E-state index is 5.62. The summed E-state index contributed by atoms with van der Waals surface area (Å²) in [6.07, 6.45) is 7.23. The first kappa shape index (κ1) is 8.14. The fraction of sp³-hybridized carbons (Fsp3) is 0.125. The van der Waals surface area contributed by atoms with Gasteiger partial charge in [-0.2, -0.15) is 12.6 Å². The van der Waals surface area contributed by atoms with E-state index in [0.29, 0.717) is 5.69 Å². The van der Waals surface area contributed by atoms with Gasteiger partial charge in [0.15, 0.2) is 0 Å². The molecule has 0 saturated heterocycles. The Morgan fingerprint density at radius 1 is 1.64 bits per heavy atom. The number of anilines is 1. The summed E-state index contributed by atoms with van der Waals surface area (Å²) in [5, 5.41) is 0. The van der Waals surface area contributed by atoms with Gasteiger partial charge in [0.2, 0.25) is 0 Å². The largest absolute Gasteiger partial charge is 0.397 e. The summed E-state index contributed by atoms with van der Waals surface area (Å²) in [4.78, 5) is 3.88. The maximum Gasteiger partial charge on any atom is 0.0574 e. The van der Waals surface area contributed by atoms with E-state index in [9.17, 15) is 0 Å². The van der Waals surface area contributed by atoms with Gasteiger partial charge in [-0.3, -0.25) is 4.98 Å². The van der Waals surface area contributed by atoms with Crippen molar-refractivity contribution in [3.63, 3.8) is 0 Å². The fourth-order valence-corrected chi connectivity index (χ4v) is 0.854. The van der Waals surface area contributed by atoms with Crippen molar-refractivity contribution in [1.82, 2.24) is 4.98 Å². The molecule has 1 aromatic heterocycles. The number of hydrogen-bond acceptors (Lipinski definition) is 3. The van der Waals surface area contributed by atoms with Crippen LogP contribution in [0.3, 0.4) is 0 Å². The topological polar surface area (TPSA) is 38.9 Å². The Hall–Kier alpha value is -0.960. The highest BCUT2D eigenvalue weighted by molar-refractivity contribution is 7.80. The van der Waals surface area contributed by atoms with Crippen molar-refractivity contribution in [3.8, 4) is 0 Å². The number of hydrogen-bond donors (Lipinski definition) is 2. The summed E-state index contributed by atoms with van der Waals surface area (Å²) in [5.74, 6) is 0.724. The van der Waals surface area contributed by atoms with Gasteiger partial charge >= 0.3 is 0 Å². The van der Waals surface area contributed by atoms with E-state index >= 15 is 0 Å². The molecule has 0 unspecified atom stereocenters. The molecule has 1 aromatic rings. The van der Waals surface area contributed by atoms with E-state index in [1.165, 1.54) is 0 Å². The summed E-state index contributed by atoms with van der Waals surface area (Å²) in [5.41, 5.74) is 7.32. The fourth-order valence-electron chi connectivity index (χ4n) is 0.749. The van der Waals surface area contributed by atoms with Crippen molar-refractivity contribution in [2.45, 2.75) is 0 Å². The molecule has 0 spiro atoms. The van der Waals surface area contributed by atoms with Crippen molar-refractivity contribution in [1.29, 1.82) is 0 Å². The Bertz CT molecular complexity index is 258. The molecule has 3 heteroatoms.